The molecule has 0 bridgehead atoms. The molecular weight excluding hydrogens is 326 g/mol. The number of amides is 1. The van der Waals surface area contributed by atoms with Crippen LogP contribution in [0.1, 0.15) is 35.9 Å². The van der Waals surface area contributed by atoms with Crippen LogP contribution in [0.2, 0.25) is 0 Å². The molecule has 1 aliphatic rings. The number of benzene rings is 2. The molecule has 1 fully saturated rings. The van der Waals surface area contributed by atoms with Gasteiger partial charge in [0, 0.05) is 13.1 Å². The second kappa shape index (κ2) is 7.47. The molecule has 0 N–H and O–H groups in total. The smallest absolute Gasteiger partial charge is 0.252 e. The van der Waals surface area contributed by atoms with E-state index in [1.807, 2.05) is 41.3 Å². The Hall–Kier alpha value is -3.02. The van der Waals surface area contributed by atoms with E-state index in [0.29, 0.717) is 5.92 Å². The van der Waals surface area contributed by atoms with Crippen LogP contribution in [0.25, 0.3) is 0 Å². The molecule has 1 atom stereocenters. The first kappa shape index (κ1) is 16.4. The normalized spacial score (nSPS) is 16.4. The molecule has 0 radical (unpaired) electrons. The van der Waals surface area contributed by atoms with Gasteiger partial charge in [-0.15, -0.1) is 5.10 Å². The Labute approximate surface area is 152 Å². The summed E-state index contributed by atoms with van der Waals surface area (Å²) in [4.78, 5) is 15.2. The van der Waals surface area contributed by atoms with Gasteiger partial charge in [0.15, 0.2) is 6.04 Å². The van der Waals surface area contributed by atoms with E-state index in [2.05, 4.69) is 39.8 Å². The summed E-state index contributed by atoms with van der Waals surface area (Å²) in [7, 11) is 0. The summed E-state index contributed by atoms with van der Waals surface area (Å²) < 4.78 is 1.54. The highest BCUT2D eigenvalue weighted by molar-refractivity contribution is 5.83. The van der Waals surface area contributed by atoms with Gasteiger partial charge in [0.1, 0.15) is 6.33 Å². The molecule has 4 rings (SSSR count). The van der Waals surface area contributed by atoms with Crippen LogP contribution in [0.5, 0.6) is 0 Å². The zero-order valence-corrected chi connectivity index (χ0v) is 14.5. The van der Waals surface area contributed by atoms with Crippen LogP contribution in [-0.4, -0.2) is 44.1 Å². The van der Waals surface area contributed by atoms with Crippen LogP contribution >= 0.6 is 0 Å². The van der Waals surface area contributed by atoms with E-state index >= 15 is 0 Å². The van der Waals surface area contributed by atoms with Gasteiger partial charge in [-0.25, -0.2) is 4.68 Å². The molecule has 0 unspecified atom stereocenters. The largest absolute Gasteiger partial charge is 0.340 e. The molecule has 1 amide bonds. The van der Waals surface area contributed by atoms with Gasteiger partial charge >= 0.3 is 0 Å². The highest BCUT2D eigenvalue weighted by atomic mass is 16.2. The third-order valence-electron chi connectivity index (χ3n) is 5.06. The minimum atomic E-state index is -0.514. The molecule has 6 heteroatoms. The average molecular weight is 347 g/mol. The van der Waals surface area contributed by atoms with E-state index in [1.54, 1.807) is 4.68 Å². The van der Waals surface area contributed by atoms with E-state index in [9.17, 15) is 4.79 Å². The number of piperidine rings is 1. The van der Waals surface area contributed by atoms with Crippen molar-refractivity contribution in [2.24, 2.45) is 0 Å². The predicted octanol–water partition coefficient (Wildman–Crippen LogP) is 2.67. The summed E-state index contributed by atoms with van der Waals surface area (Å²) in [5.74, 6) is 0.568. The summed E-state index contributed by atoms with van der Waals surface area (Å²) in [6, 6.07) is 19.7. The summed E-state index contributed by atoms with van der Waals surface area (Å²) in [6.45, 7) is 1.51. The van der Waals surface area contributed by atoms with Crippen molar-refractivity contribution in [3.8, 4) is 0 Å². The van der Waals surface area contributed by atoms with E-state index < -0.39 is 6.04 Å². The van der Waals surface area contributed by atoms with Crippen molar-refractivity contribution < 1.29 is 4.79 Å². The van der Waals surface area contributed by atoms with Gasteiger partial charge in [0.25, 0.3) is 5.91 Å². The SMILES string of the molecule is O=C([C@H](c1ccccc1)n1cnnn1)N1CCC(c2ccccc2)CC1. The van der Waals surface area contributed by atoms with Crippen LogP contribution in [-0.2, 0) is 4.79 Å². The molecule has 2 heterocycles. The quantitative estimate of drug-likeness (QED) is 0.728. The van der Waals surface area contributed by atoms with Crippen molar-refractivity contribution in [1.29, 1.82) is 0 Å². The van der Waals surface area contributed by atoms with Crippen molar-refractivity contribution in [3.63, 3.8) is 0 Å². The van der Waals surface area contributed by atoms with Gasteiger partial charge in [0.2, 0.25) is 0 Å². The van der Waals surface area contributed by atoms with E-state index in [-0.39, 0.29) is 5.91 Å². The summed E-state index contributed by atoms with van der Waals surface area (Å²) in [5.41, 5.74) is 2.26. The Kier molecular flexibility index (Phi) is 4.73. The standard InChI is InChI=1S/C20H21N5O/c26-20(19(25-15-21-22-23-25)18-9-5-2-6-10-18)24-13-11-17(12-14-24)16-7-3-1-4-8-16/h1-10,15,17,19H,11-14H2/t19-/m0/s1. The summed E-state index contributed by atoms with van der Waals surface area (Å²) in [6.07, 6.45) is 3.46. The zero-order chi connectivity index (χ0) is 17.8. The molecule has 0 saturated carbocycles. The minimum Gasteiger partial charge on any atom is -0.340 e. The number of hydrogen-bond acceptors (Lipinski definition) is 4. The zero-order valence-electron chi connectivity index (χ0n) is 14.5. The van der Waals surface area contributed by atoms with E-state index in [1.165, 1.54) is 11.9 Å². The average Bonchev–Trinajstić information content (AvgIpc) is 3.24. The van der Waals surface area contributed by atoms with Crippen LogP contribution in [0.3, 0.4) is 0 Å². The van der Waals surface area contributed by atoms with Crippen molar-refractivity contribution in [2.75, 3.05) is 13.1 Å². The molecule has 1 saturated heterocycles. The molecule has 6 nitrogen and oxygen atoms in total. The highest BCUT2D eigenvalue weighted by Gasteiger charge is 2.31. The molecular formula is C20H21N5O. The monoisotopic (exact) mass is 347 g/mol. The van der Waals surface area contributed by atoms with Crippen molar-refractivity contribution in [2.45, 2.75) is 24.8 Å². The number of carbonyl (C=O) groups excluding carboxylic acids is 1. The Balaban J connectivity index is 1.51. The van der Waals surface area contributed by atoms with Gasteiger partial charge in [-0.2, -0.15) is 0 Å². The number of aromatic nitrogens is 4. The molecule has 0 spiro atoms. The third-order valence-corrected chi connectivity index (χ3v) is 5.06. The molecule has 2 aromatic carbocycles. The van der Waals surface area contributed by atoms with Gasteiger partial charge in [-0.05, 0) is 40.3 Å². The Morgan fingerprint density at radius 1 is 0.962 bits per heavy atom. The number of hydrogen-bond donors (Lipinski definition) is 0. The number of nitrogens with zero attached hydrogens (tertiary/aromatic N) is 5. The number of carbonyl (C=O) groups is 1. The maximum Gasteiger partial charge on any atom is 0.252 e. The van der Waals surface area contributed by atoms with Crippen molar-refractivity contribution in [3.05, 3.63) is 78.1 Å². The first-order valence-corrected chi connectivity index (χ1v) is 8.94. The van der Waals surface area contributed by atoms with E-state index in [0.717, 1.165) is 31.5 Å². The Bertz CT molecular complexity index is 827. The molecule has 1 aromatic heterocycles. The first-order valence-electron chi connectivity index (χ1n) is 8.94. The topological polar surface area (TPSA) is 63.9 Å². The second-order valence-electron chi connectivity index (χ2n) is 6.61. The highest BCUT2D eigenvalue weighted by Crippen LogP contribution is 2.29. The van der Waals surface area contributed by atoms with Gasteiger partial charge in [0.05, 0.1) is 0 Å². The third kappa shape index (κ3) is 3.35. The summed E-state index contributed by atoms with van der Waals surface area (Å²) >= 11 is 0. The van der Waals surface area contributed by atoms with Crippen LogP contribution in [0.15, 0.2) is 67.0 Å². The lowest BCUT2D eigenvalue weighted by Crippen LogP contribution is -2.42. The minimum absolute atomic E-state index is 0.0509. The fourth-order valence-electron chi connectivity index (χ4n) is 3.66. The fourth-order valence-corrected chi connectivity index (χ4v) is 3.66. The maximum absolute atomic E-state index is 13.2. The fraction of sp³-hybridized carbons (Fsp3) is 0.300. The van der Waals surface area contributed by atoms with Crippen molar-refractivity contribution >= 4 is 5.91 Å². The second-order valence-corrected chi connectivity index (χ2v) is 6.61. The Morgan fingerprint density at radius 2 is 1.62 bits per heavy atom. The van der Waals surface area contributed by atoms with Gasteiger partial charge in [-0.3, -0.25) is 4.79 Å². The first-order chi connectivity index (χ1) is 12.8. The molecule has 26 heavy (non-hydrogen) atoms. The van der Waals surface area contributed by atoms with E-state index in [4.69, 9.17) is 0 Å². The predicted molar refractivity (Wildman–Crippen MR) is 97.4 cm³/mol. The van der Waals surface area contributed by atoms with Crippen LogP contribution in [0.4, 0.5) is 0 Å². The van der Waals surface area contributed by atoms with Gasteiger partial charge in [-0.1, -0.05) is 60.7 Å². The molecule has 132 valence electrons. The number of rotatable bonds is 4. The molecule has 3 aromatic rings. The Morgan fingerprint density at radius 3 is 2.23 bits per heavy atom. The molecule has 1 aliphatic heterocycles. The maximum atomic E-state index is 13.2. The van der Waals surface area contributed by atoms with Gasteiger partial charge < -0.3 is 4.90 Å². The lowest BCUT2D eigenvalue weighted by atomic mass is 9.89. The summed E-state index contributed by atoms with van der Waals surface area (Å²) in [5, 5.41) is 11.4. The lowest BCUT2D eigenvalue weighted by molar-refractivity contribution is -0.135. The molecule has 0 aliphatic carbocycles. The van der Waals surface area contributed by atoms with Crippen LogP contribution in [0, 0.1) is 0 Å². The number of likely N-dealkylation sites (tertiary alicyclic amines) is 1. The number of tetrazole rings is 1. The lowest BCUT2D eigenvalue weighted by Gasteiger charge is -2.34. The van der Waals surface area contributed by atoms with Crippen LogP contribution < -0.4 is 0 Å². The van der Waals surface area contributed by atoms with Crippen molar-refractivity contribution in [1.82, 2.24) is 25.1 Å².